The first-order valence-corrected chi connectivity index (χ1v) is 7.88. The summed E-state index contributed by atoms with van der Waals surface area (Å²) in [5.41, 5.74) is 1.60. The molecule has 112 valence electrons. The quantitative estimate of drug-likeness (QED) is 0.843. The third-order valence-electron chi connectivity index (χ3n) is 3.54. The van der Waals surface area contributed by atoms with Crippen molar-refractivity contribution in [2.45, 2.75) is 6.92 Å². The highest BCUT2D eigenvalue weighted by molar-refractivity contribution is 7.13. The number of aliphatic carboxylic acids is 1. The van der Waals surface area contributed by atoms with Crippen LogP contribution in [0, 0.1) is 0 Å². The van der Waals surface area contributed by atoms with Crippen molar-refractivity contribution in [1.29, 1.82) is 0 Å². The fourth-order valence-corrected chi connectivity index (χ4v) is 3.44. The van der Waals surface area contributed by atoms with E-state index in [1.165, 1.54) is 17.5 Å². The van der Waals surface area contributed by atoms with Crippen molar-refractivity contribution >= 4 is 40.4 Å². The van der Waals surface area contributed by atoms with Crippen molar-refractivity contribution in [3.05, 3.63) is 46.1 Å². The highest BCUT2D eigenvalue weighted by Crippen LogP contribution is 2.34. The van der Waals surface area contributed by atoms with Crippen LogP contribution in [0.15, 0.2) is 35.5 Å². The lowest BCUT2D eigenvalue weighted by molar-refractivity contribution is -0.773. The fraction of sp³-hybridized carbons (Fsp3) is 0.133. The van der Waals surface area contributed by atoms with E-state index in [1.807, 2.05) is 18.4 Å². The minimum atomic E-state index is -1.22. The molecule has 1 atom stereocenters. The summed E-state index contributed by atoms with van der Waals surface area (Å²) >= 11 is 7.73. The van der Waals surface area contributed by atoms with Crippen LogP contribution in [0.2, 0.25) is 5.02 Å². The SMILES string of the molecule is CC[NH+]1C=C(C(=O)O)C(=O)c2cc(Cl)c(-c3nccs3)cc21. The van der Waals surface area contributed by atoms with Crippen LogP contribution in [0.1, 0.15) is 17.3 Å². The van der Waals surface area contributed by atoms with Gasteiger partial charge >= 0.3 is 5.97 Å². The Bertz CT molecular complexity index is 799. The minimum Gasteiger partial charge on any atom is -0.477 e. The number of Topliss-reactive ketones (excluding diaryl/α,β-unsaturated/α-hetero) is 1. The van der Waals surface area contributed by atoms with Crippen LogP contribution >= 0.6 is 22.9 Å². The lowest BCUT2D eigenvalue weighted by Gasteiger charge is -2.21. The first-order valence-electron chi connectivity index (χ1n) is 6.62. The van der Waals surface area contributed by atoms with E-state index in [1.54, 1.807) is 12.3 Å². The summed E-state index contributed by atoms with van der Waals surface area (Å²) in [7, 11) is 0. The van der Waals surface area contributed by atoms with Gasteiger partial charge in [0.05, 0.1) is 17.1 Å². The second-order valence-electron chi connectivity index (χ2n) is 4.79. The Hall–Kier alpha value is -2.02. The van der Waals surface area contributed by atoms with Gasteiger partial charge in [0.2, 0.25) is 5.78 Å². The summed E-state index contributed by atoms with van der Waals surface area (Å²) < 4.78 is 0. The maximum absolute atomic E-state index is 12.3. The molecule has 22 heavy (non-hydrogen) atoms. The highest BCUT2D eigenvalue weighted by Gasteiger charge is 2.34. The predicted molar refractivity (Wildman–Crippen MR) is 83.8 cm³/mol. The lowest BCUT2D eigenvalue weighted by atomic mass is 9.96. The van der Waals surface area contributed by atoms with Gasteiger partial charge in [0.1, 0.15) is 16.9 Å². The third-order valence-corrected chi connectivity index (χ3v) is 4.65. The summed E-state index contributed by atoms with van der Waals surface area (Å²) in [5, 5.41) is 12.2. The molecule has 0 saturated heterocycles. The number of thiazole rings is 1. The van der Waals surface area contributed by atoms with Gasteiger partial charge in [-0.1, -0.05) is 11.6 Å². The van der Waals surface area contributed by atoms with Gasteiger partial charge in [-0.2, -0.15) is 0 Å². The Morgan fingerprint density at radius 1 is 1.41 bits per heavy atom. The van der Waals surface area contributed by atoms with Crippen LogP contribution in [0.5, 0.6) is 0 Å². The van der Waals surface area contributed by atoms with E-state index in [-0.39, 0.29) is 5.57 Å². The summed E-state index contributed by atoms with van der Waals surface area (Å²) in [6.45, 7) is 2.54. The molecular formula is C15H12ClN2O3S+. The van der Waals surface area contributed by atoms with Crippen LogP contribution in [0.3, 0.4) is 0 Å². The van der Waals surface area contributed by atoms with Gasteiger partial charge in [0.15, 0.2) is 5.57 Å². The zero-order valence-corrected chi connectivity index (χ0v) is 13.2. The van der Waals surface area contributed by atoms with E-state index < -0.39 is 11.8 Å². The van der Waals surface area contributed by atoms with Gasteiger partial charge in [-0.05, 0) is 13.0 Å². The lowest BCUT2D eigenvalue weighted by Crippen LogP contribution is -3.03. The van der Waals surface area contributed by atoms with E-state index >= 15 is 0 Å². The van der Waals surface area contributed by atoms with E-state index in [2.05, 4.69) is 4.98 Å². The molecule has 1 aromatic heterocycles. The number of rotatable bonds is 3. The molecule has 7 heteroatoms. The number of carbonyl (C=O) groups excluding carboxylic acids is 1. The molecule has 2 aromatic rings. The molecular weight excluding hydrogens is 324 g/mol. The first-order chi connectivity index (χ1) is 10.5. The number of carboxylic acid groups (broad SMARTS) is 1. The molecule has 1 aliphatic heterocycles. The van der Waals surface area contributed by atoms with Crippen LogP contribution in [0.25, 0.3) is 10.6 Å². The summed E-state index contributed by atoms with van der Waals surface area (Å²) in [5.74, 6) is -1.73. The van der Waals surface area contributed by atoms with Crippen LogP contribution in [0.4, 0.5) is 5.69 Å². The van der Waals surface area contributed by atoms with Gasteiger partial charge in [-0.25, -0.2) is 9.78 Å². The summed E-state index contributed by atoms with van der Waals surface area (Å²) in [6.07, 6.45) is 3.14. The van der Waals surface area contributed by atoms with Crippen LogP contribution in [-0.4, -0.2) is 28.4 Å². The van der Waals surface area contributed by atoms with Gasteiger partial charge in [0.25, 0.3) is 0 Å². The number of nitrogens with zero attached hydrogens (tertiary/aromatic N) is 1. The minimum absolute atomic E-state index is 0.220. The number of aromatic nitrogens is 1. The summed E-state index contributed by atoms with van der Waals surface area (Å²) in [4.78, 5) is 28.6. The molecule has 3 rings (SSSR count). The molecule has 0 aliphatic carbocycles. The number of benzene rings is 1. The largest absolute Gasteiger partial charge is 0.477 e. The molecule has 1 aromatic carbocycles. The molecule has 5 nitrogen and oxygen atoms in total. The molecule has 0 bridgehead atoms. The van der Waals surface area contributed by atoms with Crippen molar-refractivity contribution in [3.63, 3.8) is 0 Å². The molecule has 0 spiro atoms. The molecule has 0 saturated carbocycles. The molecule has 2 N–H and O–H groups in total. The van der Waals surface area contributed by atoms with Crippen molar-refractivity contribution in [2.24, 2.45) is 0 Å². The van der Waals surface area contributed by atoms with Crippen molar-refractivity contribution in [2.75, 3.05) is 6.54 Å². The molecule has 1 aliphatic rings. The number of carboxylic acids is 1. The Kier molecular flexibility index (Phi) is 3.82. The topological polar surface area (TPSA) is 71.7 Å². The number of hydrogen-bond donors (Lipinski definition) is 2. The van der Waals surface area contributed by atoms with Gasteiger partial charge in [-0.3, -0.25) is 9.69 Å². The fourth-order valence-electron chi connectivity index (χ4n) is 2.46. The van der Waals surface area contributed by atoms with Gasteiger partial charge in [0, 0.05) is 23.2 Å². The van der Waals surface area contributed by atoms with Crippen molar-refractivity contribution in [3.8, 4) is 10.6 Å². The molecule has 1 unspecified atom stereocenters. The summed E-state index contributed by atoms with van der Waals surface area (Å²) in [6, 6.07) is 3.36. The standard InChI is InChI=1S/C15H11ClN2O3S/c1-2-18-7-10(15(20)21)13(19)9-5-11(16)8(6-12(9)18)14-17-3-4-22-14/h3-7H,2H2,1H3,(H,20,21)/p+1. The average molecular weight is 336 g/mol. The smallest absolute Gasteiger partial charge is 0.345 e. The van der Waals surface area contributed by atoms with Crippen molar-refractivity contribution < 1.29 is 19.6 Å². The number of nitrogens with one attached hydrogen (secondary N) is 1. The highest BCUT2D eigenvalue weighted by atomic mass is 35.5. The number of hydrogen-bond acceptors (Lipinski definition) is 4. The molecule has 0 radical (unpaired) electrons. The van der Waals surface area contributed by atoms with Crippen molar-refractivity contribution in [1.82, 2.24) is 4.98 Å². The molecule has 0 amide bonds. The van der Waals surface area contributed by atoms with E-state index in [9.17, 15) is 14.7 Å². The number of halogens is 1. The number of carbonyl (C=O) groups is 2. The molecule has 2 heterocycles. The maximum Gasteiger partial charge on any atom is 0.345 e. The Morgan fingerprint density at radius 3 is 2.77 bits per heavy atom. The normalized spacial score (nSPS) is 17.1. The van der Waals surface area contributed by atoms with Gasteiger partial charge in [-0.15, -0.1) is 11.3 Å². The van der Waals surface area contributed by atoms with E-state index in [0.29, 0.717) is 17.1 Å². The second kappa shape index (κ2) is 5.64. The second-order valence-corrected chi connectivity index (χ2v) is 6.09. The maximum atomic E-state index is 12.3. The average Bonchev–Trinajstić information content (AvgIpc) is 3.01. The Balaban J connectivity index is 2.20. The van der Waals surface area contributed by atoms with Gasteiger partial charge < -0.3 is 5.11 Å². The zero-order chi connectivity index (χ0) is 15.9. The Labute approximate surface area is 135 Å². The predicted octanol–water partition coefficient (Wildman–Crippen LogP) is 2.16. The van der Waals surface area contributed by atoms with E-state index in [0.717, 1.165) is 21.2 Å². The van der Waals surface area contributed by atoms with E-state index in [4.69, 9.17) is 11.6 Å². The van der Waals surface area contributed by atoms with Crippen LogP contribution in [-0.2, 0) is 4.79 Å². The van der Waals surface area contributed by atoms with Crippen LogP contribution < -0.4 is 4.90 Å². The number of ketones is 1. The first kappa shape index (κ1) is 14.9. The third kappa shape index (κ3) is 2.35. The Morgan fingerprint density at radius 2 is 2.18 bits per heavy atom. The monoisotopic (exact) mass is 335 g/mol. The molecule has 0 fully saturated rings. The number of fused-ring (bicyclic) bond motifs is 1. The zero-order valence-electron chi connectivity index (χ0n) is 11.6. The number of quaternary nitrogens is 1.